The van der Waals surface area contributed by atoms with Crippen molar-refractivity contribution >= 4 is 41.7 Å². The van der Waals surface area contributed by atoms with Crippen molar-refractivity contribution in [3.63, 3.8) is 0 Å². The van der Waals surface area contributed by atoms with Crippen LogP contribution < -0.4 is 16.4 Å². The molecule has 0 bridgehead atoms. The first-order valence-electron chi connectivity index (χ1n) is 12.9. The normalized spacial score (nSPS) is 19.2. The van der Waals surface area contributed by atoms with Crippen LogP contribution in [0.25, 0.3) is 11.2 Å². The van der Waals surface area contributed by atoms with E-state index in [2.05, 4.69) is 26.6 Å². The Morgan fingerprint density at radius 3 is 2.80 bits per heavy atom. The van der Waals surface area contributed by atoms with Gasteiger partial charge in [-0.25, -0.2) is 14.6 Å². The summed E-state index contributed by atoms with van der Waals surface area (Å²) in [6.45, 7) is 7.69. The molecule has 3 atom stereocenters. The van der Waals surface area contributed by atoms with Crippen LogP contribution in [-0.4, -0.2) is 55.3 Å². The van der Waals surface area contributed by atoms with Crippen molar-refractivity contribution in [2.24, 2.45) is 11.3 Å². The van der Waals surface area contributed by atoms with Crippen molar-refractivity contribution in [1.29, 1.82) is 0 Å². The van der Waals surface area contributed by atoms with Crippen molar-refractivity contribution in [3.05, 3.63) is 64.7 Å². The van der Waals surface area contributed by atoms with Crippen LogP contribution in [0.4, 0.5) is 5.95 Å². The van der Waals surface area contributed by atoms with E-state index in [-0.39, 0.29) is 60.7 Å². The molecule has 0 aliphatic heterocycles. The molecule has 1 saturated carbocycles. The number of carbonyl (C=O) groups is 1. The summed E-state index contributed by atoms with van der Waals surface area (Å²) in [4.78, 5) is 35.4. The van der Waals surface area contributed by atoms with Crippen LogP contribution in [0.1, 0.15) is 38.3 Å². The SMILES string of the molecule is C=C1[C@H](COP(=O)(NCc2ccccc2)OCCSC(=O)C(C)(C)CO)CC[C@@H]1n1cnc2c(=O)[nH]c(N)nc21. The first-order valence-corrected chi connectivity index (χ1v) is 15.4. The number of rotatable bonds is 13. The maximum Gasteiger partial charge on any atom is 0.405 e. The molecule has 1 aliphatic carbocycles. The van der Waals surface area contributed by atoms with Gasteiger partial charge in [0.05, 0.1) is 37.6 Å². The standard InChI is InChI=1S/C26H35N6O6PS/c1-17-19(9-10-20(17)32-16-28-21-22(32)30-25(27)31-23(21)34)14-38-39(36,29-13-18-7-5-4-6-8-18)37-11-12-40-24(35)26(2,3)15-33/h4-8,16,19-20,33H,1,9-15H2,2-3H3,(H,29,36)(H3,27,30,31,34)/t19-,20-,39?/m0/s1. The molecular formula is C26H35N6O6PS. The number of nitrogens with one attached hydrogen (secondary N) is 2. The highest BCUT2D eigenvalue weighted by atomic mass is 32.2. The number of thioether (sulfide) groups is 1. The molecule has 2 aromatic heterocycles. The van der Waals surface area contributed by atoms with Gasteiger partial charge in [-0.1, -0.05) is 48.7 Å². The number of anilines is 1. The minimum atomic E-state index is -3.76. The predicted octanol–water partition coefficient (Wildman–Crippen LogP) is 3.42. The van der Waals surface area contributed by atoms with Gasteiger partial charge in [0.25, 0.3) is 5.56 Å². The fraction of sp³-hybridized carbons (Fsp3) is 0.462. The number of hydrogen-bond donors (Lipinski definition) is 4. The Bertz CT molecular complexity index is 1460. The summed E-state index contributed by atoms with van der Waals surface area (Å²) in [5.74, 6) is 0.132. The van der Waals surface area contributed by atoms with E-state index in [4.69, 9.17) is 14.8 Å². The number of carbonyl (C=O) groups excluding carboxylic acids is 1. The van der Waals surface area contributed by atoms with Crippen LogP contribution in [-0.2, 0) is 25.0 Å². The van der Waals surface area contributed by atoms with E-state index >= 15 is 0 Å². The van der Waals surface area contributed by atoms with E-state index in [9.17, 15) is 19.3 Å². The number of fused-ring (bicyclic) bond motifs is 1. The zero-order valence-electron chi connectivity index (χ0n) is 22.5. The fourth-order valence-electron chi connectivity index (χ4n) is 4.33. The zero-order chi connectivity index (χ0) is 28.9. The number of nitrogens with zero attached hydrogens (tertiary/aromatic N) is 3. The molecule has 1 unspecified atom stereocenters. The van der Waals surface area contributed by atoms with E-state index in [0.717, 1.165) is 22.9 Å². The molecule has 0 radical (unpaired) electrons. The van der Waals surface area contributed by atoms with Gasteiger partial charge in [0.15, 0.2) is 16.3 Å². The Labute approximate surface area is 236 Å². The van der Waals surface area contributed by atoms with Crippen LogP contribution in [0.3, 0.4) is 0 Å². The number of aromatic nitrogens is 4. The molecule has 0 saturated heterocycles. The number of aliphatic hydroxyl groups excluding tert-OH is 1. The lowest BCUT2D eigenvalue weighted by atomic mass is 9.97. The second kappa shape index (κ2) is 12.8. The lowest BCUT2D eigenvalue weighted by molar-refractivity contribution is -0.119. The maximum absolute atomic E-state index is 13.7. The van der Waals surface area contributed by atoms with E-state index in [1.807, 2.05) is 30.3 Å². The third-order valence-electron chi connectivity index (χ3n) is 6.82. The second-order valence-corrected chi connectivity index (χ2v) is 13.2. The highest BCUT2D eigenvalue weighted by molar-refractivity contribution is 8.13. The molecule has 5 N–H and O–H groups in total. The molecule has 0 amide bonds. The molecule has 4 rings (SSSR count). The number of nitrogen functional groups attached to an aromatic ring is 1. The van der Waals surface area contributed by atoms with Crippen LogP contribution in [0.5, 0.6) is 0 Å². The average molecular weight is 591 g/mol. The quantitative estimate of drug-likeness (QED) is 0.130. The first-order chi connectivity index (χ1) is 19.0. The van der Waals surface area contributed by atoms with E-state index in [1.165, 1.54) is 0 Å². The van der Waals surface area contributed by atoms with Crippen LogP contribution in [0, 0.1) is 11.3 Å². The van der Waals surface area contributed by atoms with Crippen LogP contribution in [0.2, 0.25) is 0 Å². The van der Waals surface area contributed by atoms with Gasteiger partial charge in [0.2, 0.25) is 5.95 Å². The van der Waals surface area contributed by atoms with Gasteiger partial charge in [-0.05, 0) is 37.8 Å². The number of hydrogen-bond acceptors (Lipinski definition) is 10. The van der Waals surface area contributed by atoms with E-state index < -0.39 is 18.7 Å². The molecular weight excluding hydrogens is 555 g/mol. The molecule has 1 aromatic carbocycles. The summed E-state index contributed by atoms with van der Waals surface area (Å²) in [6, 6.07) is 9.27. The van der Waals surface area contributed by atoms with Crippen molar-refractivity contribution in [3.8, 4) is 0 Å². The molecule has 40 heavy (non-hydrogen) atoms. The number of aromatic amines is 1. The Balaban J connectivity index is 1.40. The number of nitrogens with two attached hydrogens (primary N) is 1. The zero-order valence-corrected chi connectivity index (χ0v) is 24.2. The van der Waals surface area contributed by atoms with Gasteiger partial charge in [-0.3, -0.25) is 23.6 Å². The molecule has 2 heterocycles. The van der Waals surface area contributed by atoms with Gasteiger partial charge in [0.1, 0.15) is 0 Å². The predicted molar refractivity (Wildman–Crippen MR) is 155 cm³/mol. The highest BCUT2D eigenvalue weighted by Crippen LogP contribution is 2.47. The van der Waals surface area contributed by atoms with E-state index in [1.54, 1.807) is 24.7 Å². The Morgan fingerprint density at radius 2 is 2.08 bits per heavy atom. The largest absolute Gasteiger partial charge is 0.405 e. The lowest BCUT2D eigenvalue weighted by Crippen LogP contribution is -2.26. The number of aliphatic hydroxyl groups is 1. The molecule has 3 aromatic rings. The van der Waals surface area contributed by atoms with Crippen molar-refractivity contribution in [2.45, 2.75) is 39.3 Å². The molecule has 14 heteroatoms. The number of imidazole rings is 1. The minimum absolute atomic E-state index is 0.00473. The van der Waals surface area contributed by atoms with Crippen molar-refractivity contribution in [1.82, 2.24) is 24.6 Å². The maximum atomic E-state index is 13.7. The number of H-pyrrole nitrogens is 1. The summed E-state index contributed by atoms with van der Waals surface area (Å²) < 4.78 is 27.1. The minimum Gasteiger partial charge on any atom is -0.395 e. The topological polar surface area (TPSA) is 174 Å². The smallest absolute Gasteiger partial charge is 0.395 e. The summed E-state index contributed by atoms with van der Waals surface area (Å²) in [5, 5.41) is 12.2. The fourth-order valence-corrected chi connectivity index (χ4v) is 6.61. The average Bonchev–Trinajstić information content (AvgIpc) is 3.52. The monoisotopic (exact) mass is 590 g/mol. The van der Waals surface area contributed by atoms with E-state index in [0.29, 0.717) is 18.5 Å². The summed E-state index contributed by atoms with van der Waals surface area (Å²) >= 11 is 1.02. The summed E-state index contributed by atoms with van der Waals surface area (Å²) in [7, 11) is -3.76. The number of benzene rings is 1. The first kappa shape index (κ1) is 30.2. The molecule has 0 spiro atoms. The summed E-state index contributed by atoms with van der Waals surface area (Å²) in [5.41, 5.74) is 6.78. The second-order valence-electron chi connectivity index (χ2n) is 10.3. The van der Waals surface area contributed by atoms with Gasteiger partial charge < -0.3 is 15.4 Å². The van der Waals surface area contributed by atoms with Gasteiger partial charge in [-0.15, -0.1) is 0 Å². The Hall–Kier alpha value is -2.80. The Morgan fingerprint density at radius 1 is 1.32 bits per heavy atom. The van der Waals surface area contributed by atoms with Crippen molar-refractivity contribution in [2.75, 3.05) is 31.3 Å². The van der Waals surface area contributed by atoms with Gasteiger partial charge >= 0.3 is 7.75 Å². The Kier molecular flexibility index (Phi) is 9.65. The van der Waals surface area contributed by atoms with Crippen LogP contribution in [0.15, 0.2) is 53.6 Å². The lowest BCUT2D eigenvalue weighted by Gasteiger charge is -2.23. The molecule has 1 fully saturated rings. The third kappa shape index (κ3) is 7.09. The molecule has 216 valence electrons. The molecule has 12 nitrogen and oxygen atoms in total. The van der Waals surface area contributed by atoms with Crippen molar-refractivity contribution < 1.29 is 23.5 Å². The summed E-state index contributed by atoms with van der Waals surface area (Å²) in [6.07, 6.45) is 2.97. The highest BCUT2D eigenvalue weighted by Gasteiger charge is 2.35. The van der Waals surface area contributed by atoms with Gasteiger partial charge in [-0.2, -0.15) is 4.98 Å². The molecule has 1 aliphatic rings. The third-order valence-corrected chi connectivity index (χ3v) is 9.56. The van der Waals surface area contributed by atoms with Gasteiger partial charge in [0, 0.05) is 18.2 Å². The van der Waals surface area contributed by atoms with Crippen LogP contribution >= 0.6 is 19.5 Å².